The van der Waals surface area contributed by atoms with Crippen molar-refractivity contribution in [1.29, 1.82) is 0 Å². The molecule has 1 aliphatic rings. The summed E-state index contributed by atoms with van der Waals surface area (Å²) in [6.45, 7) is 0.579. The van der Waals surface area contributed by atoms with Crippen molar-refractivity contribution in [1.82, 2.24) is 9.97 Å². The molecule has 0 bridgehead atoms. The lowest BCUT2D eigenvalue weighted by Gasteiger charge is -2.07. The second kappa shape index (κ2) is 4.26. The zero-order valence-electron chi connectivity index (χ0n) is 8.24. The maximum Gasteiger partial charge on any atom is 0.127 e. The van der Waals surface area contributed by atoms with Crippen molar-refractivity contribution in [2.24, 2.45) is 16.6 Å². The SMILES string of the molecule is NC(=NCc1ncc[nH]1)C1CCCC1. The minimum atomic E-state index is 0.518. The number of aliphatic imine (C=N–C) groups is 1. The van der Waals surface area contributed by atoms with Crippen molar-refractivity contribution < 1.29 is 0 Å². The number of imidazole rings is 1. The van der Waals surface area contributed by atoms with Crippen LogP contribution in [0.3, 0.4) is 0 Å². The molecule has 1 fully saturated rings. The van der Waals surface area contributed by atoms with Gasteiger partial charge in [-0.3, -0.25) is 4.99 Å². The normalized spacial score (nSPS) is 19.0. The van der Waals surface area contributed by atoms with Gasteiger partial charge in [-0.2, -0.15) is 0 Å². The minimum absolute atomic E-state index is 0.518. The van der Waals surface area contributed by atoms with Gasteiger partial charge in [0.15, 0.2) is 0 Å². The van der Waals surface area contributed by atoms with Crippen molar-refractivity contribution in [3.63, 3.8) is 0 Å². The third-order valence-corrected chi connectivity index (χ3v) is 2.74. The van der Waals surface area contributed by atoms with Crippen LogP contribution < -0.4 is 5.73 Å². The number of aromatic amines is 1. The topological polar surface area (TPSA) is 67.1 Å². The monoisotopic (exact) mass is 192 g/mol. The molecule has 0 aliphatic heterocycles. The molecule has 1 aromatic heterocycles. The first kappa shape index (κ1) is 9.24. The summed E-state index contributed by atoms with van der Waals surface area (Å²) < 4.78 is 0. The molecular formula is C10H16N4. The van der Waals surface area contributed by atoms with Crippen LogP contribution in [-0.2, 0) is 6.54 Å². The van der Waals surface area contributed by atoms with Gasteiger partial charge in [0.2, 0.25) is 0 Å². The van der Waals surface area contributed by atoms with Crippen LogP contribution in [0.2, 0.25) is 0 Å². The predicted molar refractivity (Wildman–Crippen MR) is 55.9 cm³/mol. The second-order valence-corrected chi connectivity index (χ2v) is 3.76. The van der Waals surface area contributed by atoms with E-state index in [2.05, 4.69) is 15.0 Å². The van der Waals surface area contributed by atoms with E-state index in [1.165, 1.54) is 25.7 Å². The smallest absolute Gasteiger partial charge is 0.127 e. The summed E-state index contributed by atoms with van der Waals surface area (Å²) in [5.74, 6) is 2.20. The summed E-state index contributed by atoms with van der Waals surface area (Å²) in [5, 5.41) is 0. The van der Waals surface area contributed by atoms with Crippen molar-refractivity contribution in [2.45, 2.75) is 32.2 Å². The third kappa shape index (κ3) is 2.13. The third-order valence-electron chi connectivity index (χ3n) is 2.74. The van der Waals surface area contributed by atoms with Gasteiger partial charge < -0.3 is 10.7 Å². The number of amidine groups is 1. The Balaban J connectivity index is 1.90. The highest BCUT2D eigenvalue weighted by Gasteiger charge is 2.18. The Morgan fingerprint density at radius 3 is 3.00 bits per heavy atom. The molecule has 4 nitrogen and oxygen atoms in total. The lowest BCUT2D eigenvalue weighted by molar-refractivity contribution is 0.713. The van der Waals surface area contributed by atoms with Crippen molar-refractivity contribution in [3.8, 4) is 0 Å². The molecule has 3 N–H and O–H groups in total. The van der Waals surface area contributed by atoms with Crippen molar-refractivity contribution in [2.75, 3.05) is 0 Å². The molecule has 2 rings (SSSR count). The van der Waals surface area contributed by atoms with Crippen LogP contribution in [0.25, 0.3) is 0 Å². The van der Waals surface area contributed by atoms with Gasteiger partial charge in [0.1, 0.15) is 5.82 Å². The second-order valence-electron chi connectivity index (χ2n) is 3.76. The van der Waals surface area contributed by atoms with Crippen LogP contribution in [0.5, 0.6) is 0 Å². The number of nitrogens with two attached hydrogens (primary N) is 1. The van der Waals surface area contributed by atoms with E-state index in [1.807, 2.05) is 0 Å². The van der Waals surface area contributed by atoms with E-state index in [9.17, 15) is 0 Å². The van der Waals surface area contributed by atoms with Gasteiger partial charge >= 0.3 is 0 Å². The lowest BCUT2D eigenvalue weighted by atomic mass is 10.1. The number of hydrogen-bond donors (Lipinski definition) is 2. The number of nitrogens with zero attached hydrogens (tertiary/aromatic N) is 2. The van der Waals surface area contributed by atoms with Crippen molar-refractivity contribution >= 4 is 5.84 Å². The summed E-state index contributed by atoms with van der Waals surface area (Å²) in [6.07, 6.45) is 8.53. The Morgan fingerprint density at radius 1 is 1.57 bits per heavy atom. The molecule has 14 heavy (non-hydrogen) atoms. The van der Waals surface area contributed by atoms with Crippen LogP contribution in [0.1, 0.15) is 31.5 Å². The molecule has 76 valence electrons. The zero-order chi connectivity index (χ0) is 9.80. The molecule has 0 aromatic carbocycles. The number of nitrogens with one attached hydrogen (secondary N) is 1. The van der Waals surface area contributed by atoms with Gasteiger partial charge in [-0.25, -0.2) is 4.98 Å². The van der Waals surface area contributed by atoms with Gasteiger partial charge in [-0.1, -0.05) is 12.8 Å². The van der Waals surface area contributed by atoms with Gasteiger partial charge in [0.05, 0.1) is 12.4 Å². The molecule has 4 heteroatoms. The fourth-order valence-corrected chi connectivity index (χ4v) is 1.90. The molecule has 0 unspecified atom stereocenters. The predicted octanol–water partition coefficient (Wildman–Crippen LogP) is 1.46. The quantitative estimate of drug-likeness (QED) is 0.562. The van der Waals surface area contributed by atoms with Crippen LogP contribution >= 0.6 is 0 Å². The average Bonchev–Trinajstić information content (AvgIpc) is 2.87. The fourth-order valence-electron chi connectivity index (χ4n) is 1.90. The summed E-state index contributed by atoms with van der Waals surface area (Å²) >= 11 is 0. The molecule has 0 amide bonds. The highest BCUT2D eigenvalue weighted by atomic mass is 15.0. The van der Waals surface area contributed by atoms with Gasteiger partial charge in [-0.05, 0) is 12.8 Å². The van der Waals surface area contributed by atoms with Crippen LogP contribution in [0, 0.1) is 5.92 Å². The minimum Gasteiger partial charge on any atom is -0.387 e. The Labute approximate surface area is 83.6 Å². The molecule has 0 radical (unpaired) electrons. The van der Waals surface area contributed by atoms with Crippen molar-refractivity contribution in [3.05, 3.63) is 18.2 Å². The Morgan fingerprint density at radius 2 is 2.36 bits per heavy atom. The van der Waals surface area contributed by atoms with Gasteiger partial charge in [-0.15, -0.1) is 0 Å². The molecule has 1 aromatic rings. The lowest BCUT2D eigenvalue weighted by Crippen LogP contribution is -2.21. The van der Waals surface area contributed by atoms with E-state index in [0.29, 0.717) is 12.5 Å². The zero-order valence-corrected chi connectivity index (χ0v) is 8.24. The molecule has 1 saturated carbocycles. The molecule has 1 heterocycles. The Hall–Kier alpha value is -1.32. The van der Waals surface area contributed by atoms with Gasteiger partial charge in [0, 0.05) is 18.3 Å². The Bertz CT molecular complexity index is 296. The summed E-state index contributed by atoms with van der Waals surface area (Å²) in [5.41, 5.74) is 5.90. The van der Waals surface area contributed by atoms with E-state index in [1.54, 1.807) is 12.4 Å². The average molecular weight is 192 g/mol. The largest absolute Gasteiger partial charge is 0.387 e. The number of aromatic nitrogens is 2. The van der Waals surface area contributed by atoms with Crippen LogP contribution in [0.4, 0.5) is 0 Å². The summed E-state index contributed by atoms with van der Waals surface area (Å²) in [7, 11) is 0. The van der Waals surface area contributed by atoms with E-state index in [4.69, 9.17) is 5.73 Å². The first-order chi connectivity index (χ1) is 6.86. The number of hydrogen-bond acceptors (Lipinski definition) is 2. The number of H-pyrrole nitrogens is 1. The fraction of sp³-hybridized carbons (Fsp3) is 0.600. The molecular weight excluding hydrogens is 176 g/mol. The van der Waals surface area contributed by atoms with Crippen LogP contribution in [0.15, 0.2) is 17.4 Å². The highest BCUT2D eigenvalue weighted by Crippen LogP contribution is 2.24. The molecule has 1 aliphatic carbocycles. The molecule has 0 saturated heterocycles. The molecule has 0 atom stereocenters. The first-order valence-electron chi connectivity index (χ1n) is 5.14. The summed E-state index contributed by atoms with van der Waals surface area (Å²) in [4.78, 5) is 11.5. The summed E-state index contributed by atoms with van der Waals surface area (Å²) in [6, 6.07) is 0. The Kier molecular flexibility index (Phi) is 2.81. The van der Waals surface area contributed by atoms with E-state index < -0.39 is 0 Å². The first-order valence-corrected chi connectivity index (χ1v) is 5.14. The standard InChI is InChI=1S/C10H16N4/c11-10(8-3-1-2-4-8)14-7-9-12-5-6-13-9/h5-6,8H,1-4,7H2,(H2,11,14)(H,12,13). The highest BCUT2D eigenvalue weighted by molar-refractivity contribution is 5.82. The maximum atomic E-state index is 5.90. The van der Waals surface area contributed by atoms with E-state index in [-0.39, 0.29) is 0 Å². The maximum absolute atomic E-state index is 5.90. The molecule has 0 spiro atoms. The number of rotatable bonds is 3. The van der Waals surface area contributed by atoms with Gasteiger partial charge in [0.25, 0.3) is 0 Å². The van der Waals surface area contributed by atoms with E-state index in [0.717, 1.165) is 11.7 Å². The van der Waals surface area contributed by atoms with E-state index >= 15 is 0 Å². The van der Waals surface area contributed by atoms with Crippen LogP contribution in [-0.4, -0.2) is 15.8 Å².